The van der Waals surface area contributed by atoms with Gasteiger partial charge < -0.3 is 4.52 Å². The lowest BCUT2D eigenvalue weighted by Gasteiger charge is -2.08. The van der Waals surface area contributed by atoms with Crippen molar-refractivity contribution >= 4 is 22.2 Å². The van der Waals surface area contributed by atoms with Crippen molar-refractivity contribution in [3.05, 3.63) is 51.6 Å². The minimum absolute atomic E-state index is 0.206. The molecule has 22 heavy (non-hydrogen) atoms. The molecule has 3 heterocycles. The summed E-state index contributed by atoms with van der Waals surface area (Å²) in [7, 11) is 0. The molecule has 110 valence electrons. The van der Waals surface area contributed by atoms with Gasteiger partial charge in [-0.2, -0.15) is 0 Å². The number of aryl methyl sites for hydroxylation is 3. The lowest BCUT2D eigenvalue weighted by Crippen LogP contribution is -2.15. The zero-order valence-electron chi connectivity index (χ0n) is 12.5. The van der Waals surface area contributed by atoms with Crippen molar-refractivity contribution in [1.29, 1.82) is 0 Å². The summed E-state index contributed by atoms with van der Waals surface area (Å²) < 4.78 is 6.87. The first-order chi connectivity index (χ1) is 10.6. The number of benzene rings is 1. The van der Waals surface area contributed by atoms with E-state index in [4.69, 9.17) is 4.52 Å². The lowest BCUT2D eigenvalue weighted by molar-refractivity contribution is 0.405. The fourth-order valence-electron chi connectivity index (χ4n) is 2.86. The second-order valence-electron chi connectivity index (χ2n) is 5.42. The second-order valence-corrected chi connectivity index (χ2v) is 5.42. The van der Waals surface area contributed by atoms with Gasteiger partial charge in [-0.1, -0.05) is 23.4 Å². The van der Waals surface area contributed by atoms with Crippen LogP contribution >= 0.6 is 0 Å². The first-order valence-electron chi connectivity index (χ1n) is 7.01. The van der Waals surface area contributed by atoms with E-state index in [1.54, 1.807) is 4.57 Å². The van der Waals surface area contributed by atoms with Gasteiger partial charge in [0.05, 0.1) is 11.2 Å². The highest BCUT2D eigenvalue weighted by Crippen LogP contribution is 2.27. The zero-order chi connectivity index (χ0) is 15.4. The van der Waals surface area contributed by atoms with Gasteiger partial charge in [0.1, 0.15) is 11.0 Å². The van der Waals surface area contributed by atoms with Gasteiger partial charge >= 0.3 is 5.69 Å². The van der Waals surface area contributed by atoms with Gasteiger partial charge in [-0.25, -0.2) is 9.78 Å². The fraction of sp³-hybridized carbons (Fsp3) is 0.188. The molecule has 0 radical (unpaired) electrons. The summed E-state index contributed by atoms with van der Waals surface area (Å²) in [5.74, 6) is 0.643. The van der Waals surface area contributed by atoms with Crippen molar-refractivity contribution in [1.82, 2.24) is 19.7 Å². The smallest absolute Gasteiger partial charge is 0.332 e. The number of fused-ring (bicyclic) bond motifs is 2. The van der Waals surface area contributed by atoms with Crippen LogP contribution in [0.2, 0.25) is 0 Å². The standard InChI is InChI=1S/C16H14N4O2/c1-8-6-4-5-7-11(8)20-14-9(2)12-13(10(3)22-19-12)17-15(14)18-16(20)21/h4-7H,1-3H3,(H,17,18,21). The van der Waals surface area contributed by atoms with Crippen LogP contribution in [0.25, 0.3) is 27.9 Å². The first kappa shape index (κ1) is 12.8. The minimum atomic E-state index is -0.206. The summed E-state index contributed by atoms with van der Waals surface area (Å²) in [5, 5.41) is 4.07. The number of hydrogen-bond acceptors (Lipinski definition) is 4. The number of pyridine rings is 1. The number of nitrogens with zero attached hydrogens (tertiary/aromatic N) is 3. The molecule has 6 heteroatoms. The molecule has 3 aromatic heterocycles. The number of para-hydroxylation sites is 1. The third-order valence-electron chi connectivity index (χ3n) is 4.00. The van der Waals surface area contributed by atoms with Crippen molar-refractivity contribution in [3.63, 3.8) is 0 Å². The molecule has 4 aromatic rings. The average Bonchev–Trinajstić information content (AvgIpc) is 3.01. The van der Waals surface area contributed by atoms with Crippen LogP contribution in [0.15, 0.2) is 33.6 Å². The summed E-state index contributed by atoms with van der Waals surface area (Å²) >= 11 is 0. The third-order valence-corrected chi connectivity index (χ3v) is 4.00. The maximum absolute atomic E-state index is 12.5. The predicted octanol–water partition coefficient (Wildman–Crippen LogP) is 2.78. The molecule has 0 aliphatic carbocycles. The van der Waals surface area contributed by atoms with E-state index >= 15 is 0 Å². The number of nitrogens with one attached hydrogen (secondary N) is 1. The monoisotopic (exact) mass is 294 g/mol. The van der Waals surface area contributed by atoms with Crippen LogP contribution in [0, 0.1) is 20.8 Å². The normalized spacial score (nSPS) is 11.6. The topological polar surface area (TPSA) is 76.7 Å². The van der Waals surface area contributed by atoms with E-state index in [0.717, 1.165) is 22.3 Å². The maximum atomic E-state index is 12.5. The Morgan fingerprint density at radius 2 is 1.91 bits per heavy atom. The van der Waals surface area contributed by atoms with Gasteiger partial charge in [0.2, 0.25) is 0 Å². The van der Waals surface area contributed by atoms with Gasteiger partial charge in [-0.3, -0.25) is 9.55 Å². The van der Waals surface area contributed by atoms with Gasteiger partial charge in [0.15, 0.2) is 11.4 Å². The van der Waals surface area contributed by atoms with E-state index in [1.807, 2.05) is 45.0 Å². The van der Waals surface area contributed by atoms with Crippen molar-refractivity contribution in [2.24, 2.45) is 0 Å². The second kappa shape index (κ2) is 4.30. The zero-order valence-corrected chi connectivity index (χ0v) is 12.5. The van der Waals surface area contributed by atoms with Crippen LogP contribution in [-0.4, -0.2) is 19.7 Å². The molecular weight excluding hydrogens is 280 g/mol. The third kappa shape index (κ3) is 1.57. The van der Waals surface area contributed by atoms with Crippen molar-refractivity contribution in [3.8, 4) is 5.69 Å². The van der Waals surface area contributed by atoms with Crippen LogP contribution < -0.4 is 5.69 Å². The molecule has 0 atom stereocenters. The van der Waals surface area contributed by atoms with Crippen LogP contribution in [0.5, 0.6) is 0 Å². The Morgan fingerprint density at radius 1 is 1.14 bits per heavy atom. The molecule has 0 saturated carbocycles. The van der Waals surface area contributed by atoms with Crippen LogP contribution in [-0.2, 0) is 0 Å². The van der Waals surface area contributed by atoms with E-state index in [-0.39, 0.29) is 5.69 Å². The summed E-state index contributed by atoms with van der Waals surface area (Å²) in [6, 6.07) is 7.75. The molecule has 0 unspecified atom stereocenters. The number of imidazole rings is 1. The predicted molar refractivity (Wildman–Crippen MR) is 83.5 cm³/mol. The number of aromatic nitrogens is 4. The molecule has 0 aliphatic rings. The van der Waals surface area contributed by atoms with Crippen molar-refractivity contribution in [2.45, 2.75) is 20.8 Å². The highest BCUT2D eigenvalue weighted by Gasteiger charge is 2.19. The molecule has 0 spiro atoms. The van der Waals surface area contributed by atoms with Gasteiger partial charge in [0, 0.05) is 5.56 Å². The molecule has 0 saturated heterocycles. The van der Waals surface area contributed by atoms with Crippen LogP contribution in [0.4, 0.5) is 0 Å². The summed E-state index contributed by atoms with van der Waals surface area (Å²) in [5.41, 5.74) is 5.17. The van der Waals surface area contributed by atoms with E-state index in [1.165, 1.54) is 0 Å². The van der Waals surface area contributed by atoms with Crippen LogP contribution in [0.1, 0.15) is 16.9 Å². The Hall–Kier alpha value is -2.89. The van der Waals surface area contributed by atoms with E-state index in [0.29, 0.717) is 22.4 Å². The molecule has 1 N–H and O–H groups in total. The number of H-pyrrole nitrogens is 1. The maximum Gasteiger partial charge on any atom is 0.332 e. The van der Waals surface area contributed by atoms with Crippen LogP contribution in [0.3, 0.4) is 0 Å². The Labute approximate surface area is 125 Å². The average molecular weight is 294 g/mol. The Morgan fingerprint density at radius 3 is 2.68 bits per heavy atom. The molecular formula is C16H14N4O2. The van der Waals surface area contributed by atoms with Gasteiger partial charge in [-0.05, 0) is 32.4 Å². The molecule has 0 amide bonds. The number of rotatable bonds is 1. The highest BCUT2D eigenvalue weighted by atomic mass is 16.5. The molecule has 4 rings (SSSR count). The Kier molecular flexibility index (Phi) is 2.51. The summed E-state index contributed by atoms with van der Waals surface area (Å²) in [4.78, 5) is 19.8. The molecule has 6 nitrogen and oxygen atoms in total. The Bertz CT molecular complexity index is 1080. The SMILES string of the molecule is Cc1ccccc1-n1c(=O)[nH]c2nc3c(C)onc3c(C)c21. The molecule has 0 bridgehead atoms. The van der Waals surface area contributed by atoms with E-state index in [9.17, 15) is 4.79 Å². The first-order valence-corrected chi connectivity index (χ1v) is 7.01. The van der Waals surface area contributed by atoms with E-state index < -0.39 is 0 Å². The van der Waals surface area contributed by atoms with Gasteiger partial charge in [0.25, 0.3) is 0 Å². The van der Waals surface area contributed by atoms with Gasteiger partial charge in [-0.15, -0.1) is 0 Å². The summed E-state index contributed by atoms with van der Waals surface area (Å²) in [6.07, 6.45) is 0. The number of aromatic amines is 1. The largest absolute Gasteiger partial charge is 0.359 e. The fourth-order valence-corrected chi connectivity index (χ4v) is 2.86. The minimum Gasteiger partial charge on any atom is -0.359 e. The highest BCUT2D eigenvalue weighted by molar-refractivity contribution is 5.93. The lowest BCUT2D eigenvalue weighted by atomic mass is 10.1. The van der Waals surface area contributed by atoms with Crippen molar-refractivity contribution < 1.29 is 4.52 Å². The van der Waals surface area contributed by atoms with Crippen molar-refractivity contribution in [2.75, 3.05) is 0 Å². The van der Waals surface area contributed by atoms with E-state index in [2.05, 4.69) is 15.1 Å². The summed E-state index contributed by atoms with van der Waals surface area (Å²) in [6.45, 7) is 5.71. The molecule has 0 aliphatic heterocycles. The molecule has 1 aromatic carbocycles. The quantitative estimate of drug-likeness (QED) is 0.585. The molecule has 0 fully saturated rings. The Balaban J connectivity index is 2.21. The number of hydrogen-bond donors (Lipinski definition) is 1.